The van der Waals surface area contributed by atoms with Crippen LogP contribution in [0.4, 0.5) is 11.5 Å². The molecule has 1 atom stereocenters. The average molecular weight is 573 g/mol. The van der Waals surface area contributed by atoms with Gasteiger partial charge in [0.1, 0.15) is 23.7 Å². The van der Waals surface area contributed by atoms with E-state index in [-0.39, 0.29) is 12.6 Å². The smallest absolute Gasteiger partial charge is 0.314 e. The Labute approximate surface area is 238 Å². The highest BCUT2D eigenvalue weighted by Crippen LogP contribution is 2.37. The summed E-state index contributed by atoms with van der Waals surface area (Å²) in [6.07, 6.45) is 3.12. The summed E-state index contributed by atoms with van der Waals surface area (Å²) in [5, 5.41) is 1.04. The molecule has 40 heavy (non-hydrogen) atoms. The number of unbranched alkanes of at least 4 members (excludes halogenated alkanes) is 1. The van der Waals surface area contributed by atoms with Crippen LogP contribution < -0.4 is 10.6 Å². The number of imidazole rings is 1. The number of carbonyl (C=O) groups is 1. The van der Waals surface area contributed by atoms with Crippen LogP contribution in [0.15, 0.2) is 18.2 Å². The highest BCUT2D eigenvalue weighted by molar-refractivity contribution is 7.46. The van der Waals surface area contributed by atoms with Crippen molar-refractivity contribution in [2.75, 3.05) is 56.8 Å². The van der Waals surface area contributed by atoms with E-state index in [1.807, 2.05) is 41.3 Å². The van der Waals surface area contributed by atoms with Crippen molar-refractivity contribution < 1.29 is 18.6 Å². The van der Waals surface area contributed by atoms with Gasteiger partial charge >= 0.3 is 5.97 Å². The van der Waals surface area contributed by atoms with Gasteiger partial charge < -0.3 is 29.4 Å². The number of hydrogen-bond donors (Lipinski definition) is 2. The quantitative estimate of drug-likeness (QED) is 0.228. The number of benzene rings is 1. The maximum Gasteiger partial charge on any atom is 0.314 e. The molecule has 10 nitrogen and oxygen atoms in total. The number of aromatic nitrogens is 3. The van der Waals surface area contributed by atoms with Crippen LogP contribution in [0, 0.1) is 5.41 Å². The molecule has 4 rings (SSSR count). The van der Waals surface area contributed by atoms with E-state index < -0.39 is 19.4 Å². The van der Waals surface area contributed by atoms with E-state index in [0.717, 1.165) is 78.9 Å². The molecule has 1 aliphatic rings. The summed E-state index contributed by atoms with van der Waals surface area (Å²) in [5.41, 5.74) is 8.77. The fourth-order valence-corrected chi connectivity index (χ4v) is 5.44. The molecular formula is C29H45N6O4P. The van der Waals surface area contributed by atoms with Gasteiger partial charge in [-0.05, 0) is 59.2 Å². The molecule has 220 valence electrons. The fourth-order valence-electron chi connectivity index (χ4n) is 4.53. The van der Waals surface area contributed by atoms with Gasteiger partial charge in [0.2, 0.25) is 0 Å². The number of H-pyrrole nitrogens is 1. The van der Waals surface area contributed by atoms with Crippen molar-refractivity contribution in [1.29, 1.82) is 0 Å². The van der Waals surface area contributed by atoms with Crippen molar-refractivity contribution in [3.63, 3.8) is 0 Å². The number of ether oxygens (including phenoxy) is 1. The molecule has 1 saturated heterocycles. The molecule has 3 N–H and O–H groups in total. The third-order valence-corrected chi connectivity index (χ3v) is 7.94. The van der Waals surface area contributed by atoms with Gasteiger partial charge in [-0.15, -0.1) is 0 Å². The number of esters is 1. The number of aryl methyl sites for hydroxylation is 1. The standard InChI is InChI=1S/C29H45N6O4P/c1-8-9-10-23-32-24-21-12-11-20(17-22(21)31-26(30)25(24)33-23)35-15-13-34(14-16-35)19-38-40(7)37-18-29(5,6)27(36)39-28(2,3)4/h11-12,17H,8-10,13-16,18-19H2,1-7H3,(H2,30,31)(H,32,33). The minimum absolute atomic E-state index is 0.253. The molecule has 0 aliphatic carbocycles. The number of nitrogens with zero attached hydrogens (tertiary/aromatic N) is 4. The Balaban J connectivity index is 1.28. The van der Waals surface area contributed by atoms with Gasteiger partial charge in [0.25, 0.3) is 0 Å². The van der Waals surface area contributed by atoms with Crippen molar-refractivity contribution in [3.8, 4) is 0 Å². The van der Waals surface area contributed by atoms with Crippen LogP contribution >= 0.6 is 8.38 Å². The van der Waals surface area contributed by atoms with E-state index in [4.69, 9.17) is 24.5 Å². The number of piperazine rings is 1. The Morgan fingerprint density at radius 2 is 1.82 bits per heavy atom. The molecule has 11 heteroatoms. The lowest BCUT2D eigenvalue weighted by atomic mass is 9.95. The molecule has 0 amide bonds. The van der Waals surface area contributed by atoms with Crippen molar-refractivity contribution in [2.24, 2.45) is 5.41 Å². The first-order valence-corrected chi connectivity index (χ1v) is 15.8. The van der Waals surface area contributed by atoms with Gasteiger partial charge in [-0.3, -0.25) is 9.69 Å². The summed E-state index contributed by atoms with van der Waals surface area (Å²) >= 11 is 0. The normalized spacial score (nSPS) is 16.1. The summed E-state index contributed by atoms with van der Waals surface area (Å²) in [5.74, 6) is 1.17. The molecule has 0 radical (unpaired) electrons. The lowest BCUT2D eigenvalue weighted by Crippen LogP contribution is -2.46. The van der Waals surface area contributed by atoms with Crippen molar-refractivity contribution in [1.82, 2.24) is 19.9 Å². The molecule has 3 heterocycles. The number of hydrogen-bond acceptors (Lipinski definition) is 9. The van der Waals surface area contributed by atoms with Crippen molar-refractivity contribution in [2.45, 2.75) is 66.4 Å². The number of aromatic amines is 1. The van der Waals surface area contributed by atoms with E-state index in [2.05, 4.69) is 44.9 Å². The summed E-state index contributed by atoms with van der Waals surface area (Å²) in [6, 6.07) is 6.40. The predicted octanol–water partition coefficient (Wildman–Crippen LogP) is 5.46. The van der Waals surface area contributed by atoms with E-state index in [9.17, 15) is 4.79 Å². The molecule has 0 saturated carbocycles. The average Bonchev–Trinajstić information content (AvgIpc) is 3.34. The lowest BCUT2D eigenvalue weighted by Gasteiger charge is -2.36. The number of fused-ring (bicyclic) bond motifs is 3. The maximum atomic E-state index is 12.5. The zero-order valence-electron chi connectivity index (χ0n) is 25.0. The van der Waals surface area contributed by atoms with E-state index >= 15 is 0 Å². The number of nitrogens with two attached hydrogens (primary N) is 1. The SMILES string of the molecule is CCCCc1nc2c(N)nc3cc(N4CCN(COP(C)OCC(C)(C)C(=O)OC(C)(C)C)CC4)ccc3c2[nH]1. The second-order valence-corrected chi connectivity index (χ2v) is 13.6. The van der Waals surface area contributed by atoms with Crippen LogP contribution in [-0.2, 0) is 25.0 Å². The zero-order valence-corrected chi connectivity index (χ0v) is 25.9. The van der Waals surface area contributed by atoms with Crippen LogP contribution in [0.5, 0.6) is 0 Å². The Morgan fingerprint density at radius 1 is 1.10 bits per heavy atom. The van der Waals surface area contributed by atoms with Crippen LogP contribution in [0.25, 0.3) is 21.9 Å². The molecule has 1 aliphatic heterocycles. The highest BCUT2D eigenvalue weighted by Gasteiger charge is 2.33. The van der Waals surface area contributed by atoms with Crippen LogP contribution in [0.2, 0.25) is 0 Å². The minimum Gasteiger partial charge on any atom is -0.459 e. The predicted molar refractivity (Wildman–Crippen MR) is 163 cm³/mol. The van der Waals surface area contributed by atoms with E-state index in [1.165, 1.54) is 0 Å². The molecule has 0 bridgehead atoms. The van der Waals surface area contributed by atoms with Crippen molar-refractivity contribution >= 4 is 47.8 Å². The first-order valence-electron chi connectivity index (χ1n) is 14.1. The van der Waals surface area contributed by atoms with Gasteiger partial charge in [0.05, 0.1) is 23.1 Å². The van der Waals surface area contributed by atoms with Crippen molar-refractivity contribution in [3.05, 3.63) is 24.0 Å². The molecule has 1 unspecified atom stereocenters. The molecule has 0 spiro atoms. The largest absolute Gasteiger partial charge is 0.459 e. The number of anilines is 2. The number of nitrogen functional groups attached to an aromatic ring is 1. The minimum atomic E-state index is -1.11. The summed E-state index contributed by atoms with van der Waals surface area (Å²) < 4.78 is 17.4. The van der Waals surface area contributed by atoms with Gasteiger partial charge in [-0.25, -0.2) is 9.97 Å². The maximum absolute atomic E-state index is 12.5. The fraction of sp³-hybridized carbons (Fsp3) is 0.621. The monoisotopic (exact) mass is 572 g/mol. The third-order valence-electron chi connectivity index (χ3n) is 6.97. The molecule has 1 fully saturated rings. The number of nitrogens with one attached hydrogen (secondary N) is 1. The first-order chi connectivity index (χ1) is 18.9. The van der Waals surface area contributed by atoms with Gasteiger partial charge in [0.15, 0.2) is 14.2 Å². The lowest BCUT2D eigenvalue weighted by molar-refractivity contribution is -0.167. The second-order valence-electron chi connectivity index (χ2n) is 12.2. The van der Waals surface area contributed by atoms with Gasteiger partial charge in [-0.2, -0.15) is 0 Å². The van der Waals surface area contributed by atoms with Gasteiger partial charge in [0, 0.05) is 50.3 Å². The topological polar surface area (TPSA) is 119 Å². The number of carbonyl (C=O) groups excluding carboxylic acids is 1. The third kappa shape index (κ3) is 7.60. The summed E-state index contributed by atoms with van der Waals surface area (Å²) in [6.45, 7) is 17.6. The second kappa shape index (κ2) is 12.6. The highest BCUT2D eigenvalue weighted by atomic mass is 31.2. The molecular weight excluding hydrogens is 527 g/mol. The molecule has 1 aromatic carbocycles. The molecule has 3 aromatic rings. The number of rotatable bonds is 11. The summed E-state index contributed by atoms with van der Waals surface area (Å²) in [7, 11) is -1.11. The van der Waals surface area contributed by atoms with E-state index in [0.29, 0.717) is 12.5 Å². The Bertz CT molecular complexity index is 1310. The van der Waals surface area contributed by atoms with Crippen LogP contribution in [0.3, 0.4) is 0 Å². The zero-order chi connectivity index (χ0) is 29.1. The number of pyridine rings is 1. The van der Waals surface area contributed by atoms with E-state index in [1.54, 1.807) is 0 Å². The Hall–Kier alpha value is -2.52. The van der Waals surface area contributed by atoms with Crippen LogP contribution in [-0.4, -0.2) is 77.6 Å². The molecule has 2 aromatic heterocycles. The Morgan fingerprint density at radius 3 is 2.50 bits per heavy atom. The summed E-state index contributed by atoms with van der Waals surface area (Å²) in [4.78, 5) is 30.0. The van der Waals surface area contributed by atoms with Crippen LogP contribution in [0.1, 0.15) is 60.2 Å². The first kappa shape index (κ1) is 30.4. The van der Waals surface area contributed by atoms with Gasteiger partial charge in [-0.1, -0.05) is 13.3 Å². The Kier molecular flexibility index (Phi) is 9.55.